The lowest BCUT2D eigenvalue weighted by Crippen LogP contribution is -2.54. The molecule has 0 bridgehead atoms. The number of rotatable bonds is 6. The van der Waals surface area contributed by atoms with E-state index in [-0.39, 0.29) is 10.7 Å². The molecule has 0 saturated carbocycles. The Morgan fingerprint density at radius 1 is 0.919 bits per heavy atom. The molecule has 2 amide bonds. The van der Waals surface area contributed by atoms with Crippen molar-refractivity contribution in [1.82, 2.24) is 5.32 Å². The highest BCUT2D eigenvalue weighted by Crippen LogP contribution is 2.32. The minimum Gasteiger partial charge on any atom is -0.488 e. The summed E-state index contributed by atoms with van der Waals surface area (Å²) in [7, 11) is 0. The van der Waals surface area contributed by atoms with Crippen molar-refractivity contribution < 1.29 is 14.3 Å². The van der Waals surface area contributed by atoms with Gasteiger partial charge in [0.25, 0.3) is 11.8 Å². The topological polar surface area (TPSA) is 58.6 Å². The van der Waals surface area contributed by atoms with Crippen LogP contribution in [0.1, 0.15) is 29.2 Å². The van der Waals surface area contributed by atoms with Gasteiger partial charge in [-0.2, -0.15) is 0 Å². The number of thiocarbonyl (C=S) groups is 1. The average molecular weight is 507 g/mol. The van der Waals surface area contributed by atoms with Crippen molar-refractivity contribution in [3.63, 3.8) is 0 Å². The summed E-state index contributed by atoms with van der Waals surface area (Å²) in [6.45, 7) is 4.46. The number of nitrogens with one attached hydrogen (secondary N) is 1. The number of ether oxygens (including phenoxy) is 1. The second-order valence-corrected chi connectivity index (χ2v) is 9.34. The Balaban J connectivity index is 1.56. The molecule has 1 fully saturated rings. The van der Waals surface area contributed by atoms with E-state index in [9.17, 15) is 9.59 Å². The molecular weight excluding hydrogens is 480 g/mol. The van der Waals surface area contributed by atoms with Gasteiger partial charge >= 0.3 is 0 Å². The predicted octanol–water partition coefficient (Wildman–Crippen LogP) is 6.12. The molecule has 0 aromatic heterocycles. The Morgan fingerprint density at radius 3 is 2.46 bits per heavy atom. The number of anilines is 1. The van der Waals surface area contributed by atoms with Crippen molar-refractivity contribution in [2.45, 2.75) is 26.9 Å². The van der Waals surface area contributed by atoms with E-state index in [1.807, 2.05) is 85.8 Å². The van der Waals surface area contributed by atoms with Gasteiger partial charge in [0.2, 0.25) is 0 Å². The monoisotopic (exact) mass is 506 g/mol. The fraction of sp³-hybridized carbons (Fsp3) is 0.129. The van der Waals surface area contributed by atoms with Gasteiger partial charge in [0.05, 0.1) is 5.69 Å². The SMILES string of the molecule is CCc1ccc(N2C(=O)/C(=C/c3c(OCc4cccc(C)c4)ccc4ccccc34)C(=O)NC2=S)cc1. The van der Waals surface area contributed by atoms with Gasteiger partial charge in [-0.25, -0.2) is 0 Å². The average Bonchev–Trinajstić information content (AvgIpc) is 2.90. The molecule has 0 unspecified atom stereocenters. The lowest BCUT2D eigenvalue weighted by atomic mass is 9.99. The van der Waals surface area contributed by atoms with Crippen molar-refractivity contribution in [1.29, 1.82) is 0 Å². The van der Waals surface area contributed by atoms with Crippen LogP contribution in [0, 0.1) is 6.92 Å². The number of hydrogen-bond acceptors (Lipinski definition) is 4. The van der Waals surface area contributed by atoms with E-state index in [1.54, 1.807) is 6.08 Å². The van der Waals surface area contributed by atoms with E-state index in [1.165, 1.54) is 4.90 Å². The first-order valence-corrected chi connectivity index (χ1v) is 12.6. The van der Waals surface area contributed by atoms with E-state index < -0.39 is 11.8 Å². The highest BCUT2D eigenvalue weighted by Gasteiger charge is 2.34. The van der Waals surface area contributed by atoms with Crippen LogP contribution < -0.4 is 15.0 Å². The summed E-state index contributed by atoms with van der Waals surface area (Å²) in [5.74, 6) is -0.426. The van der Waals surface area contributed by atoms with Gasteiger partial charge in [-0.15, -0.1) is 0 Å². The van der Waals surface area contributed by atoms with Gasteiger partial charge < -0.3 is 4.74 Å². The van der Waals surface area contributed by atoms with Crippen molar-refractivity contribution in [3.8, 4) is 5.75 Å². The van der Waals surface area contributed by atoms with E-state index in [0.29, 0.717) is 23.6 Å². The molecule has 4 aromatic rings. The van der Waals surface area contributed by atoms with Crippen LogP contribution >= 0.6 is 12.2 Å². The van der Waals surface area contributed by atoms with Gasteiger partial charge in [-0.1, -0.05) is 79.2 Å². The fourth-order valence-electron chi connectivity index (χ4n) is 4.43. The molecule has 0 aliphatic carbocycles. The maximum absolute atomic E-state index is 13.6. The van der Waals surface area contributed by atoms with Crippen LogP contribution in [0.3, 0.4) is 0 Å². The molecular formula is C31H26N2O3S. The molecule has 37 heavy (non-hydrogen) atoms. The van der Waals surface area contributed by atoms with Crippen LogP contribution in [0.25, 0.3) is 16.8 Å². The van der Waals surface area contributed by atoms with Crippen molar-refractivity contribution in [3.05, 3.63) is 113 Å². The third-order valence-corrected chi connectivity index (χ3v) is 6.69. The molecule has 1 saturated heterocycles. The normalized spacial score (nSPS) is 14.8. The lowest BCUT2D eigenvalue weighted by molar-refractivity contribution is -0.122. The van der Waals surface area contributed by atoms with E-state index in [0.717, 1.165) is 33.9 Å². The molecule has 1 aliphatic rings. The zero-order valence-corrected chi connectivity index (χ0v) is 21.5. The Morgan fingerprint density at radius 2 is 1.70 bits per heavy atom. The second kappa shape index (κ2) is 10.4. The maximum atomic E-state index is 13.6. The van der Waals surface area contributed by atoms with E-state index >= 15 is 0 Å². The Labute approximate surface area is 221 Å². The Kier molecular flexibility index (Phi) is 6.84. The van der Waals surface area contributed by atoms with Gasteiger partial charge in [0, 0.05) is 5.56 Å². The highest BCUT2D eigenvalue weighted by molar-refractivity contribution is 7.80. The molecule has 5 rings (SSSR count). The third kappa shape index (κ3) is 5.01. The first-order valence-electron chi connectivity index (χ1n) is 12.1. The molecule has 1 N–H and O–H groups in total. The predicted molar refractivity (Wildman–Crippen MR) is 151 cm³/mol. The van der Waals surface area contributed by atoms with Crippen molar-refractivity contribution >= 4 is 51.7 Å². The van der Waals surface area contributed by atoms with Crippen LogP contribution in [0.4, 0.5) is 5.69 Å². The van der Waals surface area contributed by atoms with E-state index in [4.69, 9.17) is 17.0 Å². The molecule has 184 valence electrons. The molecule has 6 heteroatoms. The van der Waals surface area contributed by atoms with Gasteiger partial charge in [0.1, 0.15) is 17.9 Å². The largest absolute Gasteiger partial charge is 0.488 e. The maximum Gasteiger partial charge on any atom is 0.270 e. The second-order valence-electron chi connectivity index (χ2n) is 8.95. The van der Waals surface area contributed by atoms with E-state index in [2.05, 4.69) is 18.3 Å². The lowest BCUT2D eigenvalue weighted by Gasteiger charge is -2.29. The molecule has 1 aliphatic heterocycles. The summed E-state index contributed by atoms with van der Waals surface area (Å²) >= 11 is 5.37. The summed E-state index contributed by atoms with van der Waals surface area (Å²) in [6.07, 6.45) is 2.49. The van der Waals surface area contributed by atoms with Crippen molar-refractivity contribution in [2.75, 3.05) is 4.90 Å². The van der Waals surface area contributed by atoms with Crippen LogP contribution in [0.5, 0.6) is 5.75 Å². The smallest absolute Gasteiger partial charge is 0.270 e. The van der Waals surface area contributed by atoms with Crippen LogP contribution in [0.2, 0.25) is 0 Å². The molecule has 5 nitrogen and oxygen atoms in total. The number of amides is 2. The van der Waals surface area contributed by atoms with Gasteiger partial charge in [-0.3, -0.25) is 19.8 Å². The zero-order chi connectivity index (χ0) is 25.9. The molecule has 0 atom stereocenters. The highest BCUT2D eigenvalue weighted by atomic mass is 32.1. The number of benzene rings is 4. The molecule has 0 radical (unpaired) electrons. The number of carbonyl (C=O) groups is 2. The Bertz CT molecular complexity index is 1560. The minimum absolute atomic E-state index is 0.00933. The number of fused-ring (bicyclic) bond motifs is 1. The summed E-state index contributed by atoms with van der Waals surface area (Å²) in [6, 6.07) is 27.4. The fourth-order valence-corrected chi connectivity index (χ4v) is 4.71. The summed E-state index contributed by atoms with van der Waals surface area (Å²) in [4.78, 5) is 28.0. The van der Waals surface area contributed by atoms with Crippen molar-refractivity contribution in [2.24, 2.45) is 0 Å². The van der Waals surface area contributed by atoms with Crippen LogP contribution in [0.15, 0.2) is 90.5 Å². The first-order chi connectivity index (χ1) is 17.9. The summed E-state index contributed by atoms with van der Waals surface area (Å²) < 4.78 is 6.23. The summed E-state index contributed by atoms with van der Waals surface area (Å²) in [5.41, 5.74) is 4.58. The summed E-state index contributed by atoms with van der Waals surface area (Å²) in [5, 5.41) is 4.59. The van der Waals surface area contributed by atoms with Gasteiger partial charge in [-0.05, 0) is 71.7 Å². The van der Waals surface area contributed by atoms with Gasteiger partial charge in [0.15, 0.2) is 5.11 Å². The Hall–Kier alpha value is -4.29. The standard InChI is InChI=1S/C31H26N2O3S/c1-3-21-11-14-24(15-12-21)33-30(35)27(29(34)32-31(33)37)18-26-25-10-5-4-9-23(25)13-16-28(26)36-19-22-8-6-7-20(2)17-22/h4-18H,3,19H2,1-2H3,(H,32,34,37)/b27-18+. The van der Waals surface area contributed by atoms with Crippen LogP contribution in [-0.2, 0) is 22.6 Å². The number of aryl methyl sites for hydroxylation is 2. The van der Waals surface area contributed by atoms with Crippen LogP contribution in [-0.4, -0.2) is 16.9 Å². The quantitative estimate of drug-likeness (QED) is 0.194. The number of carbonyl (C=O) groups excluding carboxylic acids is 2. The number of nitrogens with zero attached hydrogens (tertiary/aromatic N) is 1. The molecule has 0 spiro atoms. The first kappa shape index (κ1) is 24.4. The number of hydrogen-bond donors (Lipinski definition) is 1. The third-order valence-electron chi connectivity index (χ3n) is 6.40. The minimum atomic E-state index is -0.533. The molecule has 4 aromatic carbocycles. The molecule has 1 heterocycles. The zero-order valence-electron chi connectivity index (χ0n) is 20.7.